The fourth-order valence-electron chi connectivity index (χ4n) is 4.88. The molecule has 0 saturated carbocycles. The van der Waals surface area contributed by atoms with Crippen molar-refractivity contribution in [3.8, 4) is 33.4 Å². The standard InChI is InChI=1S/C36H27N/c1-4-10-28(11-5-1)31-16-22-34(23-17-31)37(35-24-18-32(19-25-35)29-12-6-2-7-13-29)36-26-20-33(21-27-36)30-14-8-3-9-15-30/h1-27H/p+1. The molecule has 0 aromatic heterocycles. The molecule has 1 N–H and O–H groups in total. The van der Waals surface area contributed by atoms with E-state index in [1.807, 2.05) is 0 Å². The van der Waals surface area contributed by atoms with Gasteiger partial charge in [0.1, 0.15) is 17.1 Å². The third-order valence-corrected chi connectivity index (χ3v) is 6.84. The van der Waals surface area contributed by atoms with E-state index in [1.165, 1.54) is 55.3 Å². The van der Waals surface area contributed by atoms with Gasteiger partial charge < -0.3 is 0 Å². The summed E-state index contributed by atoms with van der Waals surface area (Å²) in [5.74, 6) is 0. The molecule has 0 unspecified atom stereocenters. The van der Waals surface area contributed by atoms with Crippen molar-refractivity contribution in [1.82, 2.24) is 0 Å². The molecule has 6 aromatic carbocycles. The number of hydrogen-bond acceptors (Lipinski definition) is 0. The van der Waals surface area contributed by atoms with E-state index in [0.29, 0.717) is 0 Å². The summed E-state index contributed by atoms with van der Waals surface area (Å²) < 4.78 is 0. The lowest BCUT2D eigenvalue weighted by molar-refractivity contribution is -0.681. The van der Waals surface area contributed by atoms with Crippen LogP contribution in [0.3, 0.4) is 0 Å². The Balaban J connectivity index is 1.38. The van der Waals surface area contributed by atoms with E-state index in [-0.39, 0.29) is 0 Å². The van der Waals surface area contributed by atoms with Gasteiger partial charge in [-0.2, -0.15) is 0 Å². The van der Waals surface area contributed by atoms with Crippen LogP contribution in [-0.4, -0.2) is 0 Å². The minimum Gasteiger partial charge on any atom is -0.238 e. The summed E-state index contributed by atoms with van der Waals surface area (Å²) in [6, 6.07) is 58.4. The van der Waals surface area contributed by atoms with E-state index in [9.17, 15) is 0 Å². The Hall–Kier alpha value is -4.72. The van der Waals surface area contributed by atoms with Gasteiger partial charge >= 0.3 is 0 Å². The van der Waals surface area contributed by atoms with Crippen molar-refractivity contribution in [3.63, 3.8) is 0 Å². The fraction of sp³-hybridized carbons (Fsp3) is 0. The summed E-state index contributed by atoms with van der Waals surface area (Å²) >= 11 is 0. The van der Waals surface area contributed by atoms with Gasteiger partial charge in [0.05, 0.1) is 0 Å². The van der Waals surface area contributed by atoms with Crippen molar-refractivity contribution < 1.29 is 4.90 Å². The topological polar surface area (TPSA) is 4.44 Å². The Morgan fingerprint density at radius 2 is 0.432 bits per heavy atom. The van der Waals surface area contributed by atoms with Gasteiger partial charge in [0.25, 0.3) is 0 Å². The van der Waals surface area contributed by atoms with Crippen molar-refractivity contribution in [2.75, 3.05) is 0 Å². The zero-order chi connectivity index (χ0) is 24.9. The Labute approximate surface area is 218 Å². The number of hydrogen-bond donors (Lipinski definition) is 1. The van der Waals surface area contributed by atoms with E-state index in [1.54, 1.807) is 0 Å². The molecule has 0 atom stereocenters. The molecule has 0 aliphatic carbocycles. The maximum Gasteiger partial charge on any atom is 0.141 e. The zero-order valence-corrected chi connectivity index (χ0v) is 20.6. The van der Waals surface area contributed by atoms with E-state index in [4.69, 9.17) is 0 Å². The van der Waals surface area contributed by atoms with Gasteiger partial charge in [-0.1, -0.05) is 91.0 Å². The normalized spacial score (nSPS) is 10.9. The lowest BCUT2D eigenvalue weighted by Crippen LogP contribution is -2.96. The monoisotopic (exact) mass is 474 g/mol. The van der Waals surface area contributed by atoms with Crippen LogP contribution in [0, 0.1) is 0 Å². The molecule has 0 amide bonds. The van der Waals surface area contributed by atoms with Gasteiger partial charge in [0, 0.05) is 36.4 Å². The molecule has 0 radical (unpaired) electrons. The molecule has 176 valence electrons. The highest BCUT2D eigenvalue weighted by Gasteiger charge is 2.19. The van der Waals surface area contributed by atoms with Gasteiger partial charge in [-0.05, 0) is 69.8 Å². The molecule has 37 heavy (non-hydrogen) atoms. The van der Waals surface area contributed by atoms with Crippen molar-refractivity contribution in [2.45, 2.75) is 0 Å². The summed E-state index contributed by atoms with van der Waals surface area (Å²) in [5.41, 5.74) is 11.0. The van der Waals surface area contributed by atoms with Gasteiger partial charge in [-0.15, -0.1) is 0 Å². The predicted molar refractivity (Wildman–Crippen MR) is 156 cm³/mol. The molecular weight excluding hydrogens is 446 g/mol. The van der Waals surface area contributed by atoms with Crippen LogP contribution in [0.1, 0.15) is 0 Å². The van der Waals surface area contributed by atoms with E-state index < -0.39 is 0 Å². The van der Waals surface area contributed by atoms with Crippen molar-refractivity contribution in [2.24, 2.45) is 0 Å². The lowest BCUT2D eigenvalue weighted by atomic mass is 10.0. The Morgan fingerprint density at radius 3 is 0.676 bits per heavy atom. The Morgan fingerprint density at radius 1 is 0.216 bits per heavy atom. The first-order valence-electron chi connectivity index (χ1n) is 12.7. The number of nitrogens with one attached hydrogen (secondary N) is 1. The van der Waals surface area contributed by atoms with Crippen LogP contribution in [0.4, 0.5) is 17.1 Å². The van der Waals surface area contributed by atoms with Gasteiger partial charge in [0.2, 0.25) is 0 Å². The molecule has 0 saturated heterocycles. The van der Waals surface area contributed by atoms with Crippen LogP contribution >= 0.6 is 0 Å². The van der Waals surface area contributed by atoms with Crippen molar-refractivity contribution in [3.05, 3.63) is 164 Å². The molecule has 0 bridgehead atoms. The summed E-state index contributed by atoms with van der Waals surface area (Å²) in [6.07, 6.45) is 0. The molecule has 0 heterocycles. The van der Waals surface area contributed by atoms with Crippen LogP contribution < -0.4 is 4.90 Å². The number of benzene rings is 6. The molecular formula is C36H28N+. The van der Waals surface area contributed by atoms with E-state index in [0.717, 1.165) is 0 Å². The zero-order valence-electron chi connectivity index (χ0n) is 20.6. The molecule has 6 aromatic rings. The van der Waals surface area contributed by atoms with Crippen LogP contribution in [0.25, 0.3) is 33.4 Å². The maximum absolute atomic E-state index is 2.24. The van der Waals surface area contributed by atoms with Gasteiger partial charge in [0.15, 0.2) is 0 Å². The summed E-state index contributed by atoms with van der Waals surface area (Å²) in [5, 5.41) is 0. The molecule has 0 fully saturated rings. The highest BCUT2D eigenvalue weighted by molar-refractivity contribution is 5.68. The second-order valence-corrected chi connectivity index (χ2v) is 9.21. The minimum atomic E-state index is 1.21. The van der Waals surface area contributed by atoms with Gasteiger partial charge in [-0.25, -0.2) is 4.90 Å². The van der Waals surface area contributed by atoms with Gasteiger partial charge in [-0.3, -0.25) is 0 Å². The third-order valence-electron chi connectivity index (χ3n) is 6.84. The number of quaternary nitrogens is 1. The van der Waals surface area contributed by atoms with Crippen molar-refractivity contribution in [1.29, 1.82) is 0 Å². The highest BCUT2D eigenvalue weighted by atomic mass is 15.1. The SMILES string of the molecule is c1ccc(-c2ccc([NH+](c3ccc(-c4ccccc4)cc3)c3ccc(-c4ccccc4)cc3)cc2)cc1. The molecule has 0 spiro atoms. The first-order chi connectivity index (χ1) is 18.3. The summed E-state index contributed by atoms with van der Waals surface area (Å²) in [4.78, 5) is 1.24. The smallest absolute Gasteiger partial charge is 0.141 e. The quantitative estimate of drug-likeness (QED) is 0.246. The summed E-state index contributed by atoms with van der Waals surface area (Å²) in [6.45, 7) is 0. The second-order valence-electron chi connectivity index (χ2n) is 9.21. The Bertz CT molecular complexity index is 1360. The predicted octanol–water partition coefficient (Wildman–Crippen LogP) is 8.87. The maximum atomic E-state index is 2.24. The molecule has 6 rings (SSSR count). The Kier molecular flexibility index (Phi) is 6.44. The molecule has 1 nitrogen and oxygen atoms in total. The highest BCUT2D eigenvalue weighted by Crippen LogP contribution is 2.26. The van der Waals surface area contributed by atoms with Crippen LogP contribution in [0.5, 0.6) is 0 Å². The fourth-order valence-corrected chi connectivity index (χ4v) is 4.88. The average molecular weight is 475 g/mol. The number of rotatable bonds is 6. The van der Waals surface area contributed by atoms with Crippen LogP contribution in [0.15, 0.2) is 164 Å². The molecule has 0 aliphatic rings. The lowest BCUT2D eigenvalue weighted by Gasteiger charge is -2.19. The van der Waals surface area contributed by atoms with Crippen molar-refractivity contribution >= 4 is 17.1 Å². The van der Waals surface area contributed by atoms with E-state index in [2.05, 4.69) is 164 Å². The first-order valence-corrected chi connectivity index (χ1v) is 12.7. The second kappa shape index (κ2) is 10.5. The van der Waals surface area contributed by atoms with E-state index >= 15 is 0 Å². The minimum absolute atomic E-state index is 1.21. The average Bonchev–Trinajstić information content (AvgIpc) is 3.00. The van der Waals surface area contributed by atoms with Crippen LogP contribution in [0.2, 0.25) is 0 Å². The first kappa shape index (κ1) is 22.7. The third kappa shape index (κ3) is 4.99. The largest absolute Gasteiger partial charge is 0.238 e. The summed E-state index contributed by atoms with van der Waals surface area (Å²) in [7, 11) is 0. The van der Waals surface area contributed by atoms with Crippen LogP contribution in [-0.2, 0) is 0 Å². The molecule has 1 heteroatoms. The molecule has 0 aliphatic heterocycles.